The number of rotatable bonds is 0. The second-order valence-electron chi connectivity index (χ2n) is 4.53. The average molecular weight is 281 g/mol. The number of amides is 1. The first-order valence-corrected chi connectivity index (χ1v) is 6.39. The third-order valence-corrected chi connectivity index (χ3v) is 4.18. The van der Waals surface area contributed by atoms with Gasteiger partial charge in [-0.05, 0) is 40.9 Å². The Hall–Kier alpha value is -1.03. The van der Waals surface area contributed by atoms with Gasteiger partial charge in [0, 0.05) is 4.47 Å². The number of fused-ring (bicyclic) bond motifs is 1. The van der Waals surface area contributed by atoms with Gasteiger partial charge in [0.15, 0.2) is 0 Å². The second-order valence-corrected chi connectivity index (χ2v) is 5.39. The van der Waals surface area contributed by atoms with E-state index >= 15 is 0 Å². The molecule has 2 aliphatic rings. The molecule has 2 N–H and O–H groups in total. The molecule has 16 heavy (non-hydrogen) atoms. The van der Waals surface area contributed by atoms with Crippen molar-refractivity contribution < 1.29 is 4.79 Å². The van der Waals surface area contributed by atoms with Crippen LogP contribution in [0.1, 0.15) is 25.7 Å². The molecule has 84 valence electrons. The number of hydrogen-bond donors (Lipinski definition) is 2. The van der Waals surface area contributed by atoms with Crippen molar-refractivity contribution >= 4 is 33.2 Å². The number of carbonyl (C=O) groups is 1. The number of anilines is 2. The van der Waals surface area contributed by atoms with Gasteiger partial charge in [-0.25, -0.2) is 0 Å². The van der Waals surface area contributed by atoms with Crippen LogP contribution in [0.4, 0.5) is 11.4 Å². The summed E-state index contributed by atoms with van der Waals surface area (Å²) in [7, 11) is 0. The number of halogens is 1. The van der Waals surface area contributed by atoms with Crippen molar-refractivity contribution in [1.29, 1.82) is 0 Å². The molecule has 1 aliphatic carbocycles. The number of carbonyl (C=O) groups excluding carboxylic acids is 1. The van der Waals surface area contributed by atoms with Crippen LogP contribution in [0.3, 0.4) is 0 Å². The van der Waals surface area contributed by atoms with Gasteiger partial charge in [-0.2, -0.15) is 0 Å². The lowest BCUT2D eigenvalue weighted by atomic mass is 9.93. The summed E-state index contributed by atoms with van der Waals surface area (Å²) in [5.74, 6) is 0.115. The van der Waals surface area contributed by atoms with Crippen LogP contribution < -0.4 is 10.6 Å². The van der Waals surface area contributed by atoms with E-state index in [1.165, 1.54) is 0 Å². The fourth-order valence-electron chi connectivity index (χ4n) is 2.63. The third-order valence-electron chi connectivity index (χ3n) is 3.52. The highest BCUT2D eigenvalue weighted by atomic mass is 79.9. The molecule has 1 aromatic carbocycles. The van der Waals surface area contributed by atoms with Crippen molar-refractivity contribution in [2.45, 2.75) is 31.2 Å². The Morgan fingerprint density at radius 2 is 2.00 bits per heavy atom. The fourth-order valence-corrected chi connectivity index (χ4v) is 3.10. The normalized spacial score (nSPS) is 21.4. The van der Waals surface area contributed by atoms with Gasteiger partial charge in [-0.15, -0.1) is 0 Å². The van der Waals surface area contributed by atoms with Crippen LogP contribution >= 0.6 is 15.9 Å². The molecule has 0 radical (unpaired) electrons. The maximum atomic E-state index is 12.1. The van der Waals surface area contributed by atoms with E-state index in [1.807, 2.05) is 18.2 Å². The van der Waals surface area contributed by atoms with Gasteiger partial charge >= 0.3 is 0 Å². The Morgan fingerprint density at radius 3 is 2.75 bits per heavy atom. The van der Waals surface area contributed by atoms with Crippen molar-refractivity contribution in [3.63, 3.8) is 0 Å². The quantitative estimate of drug-likeness (QED) is 0.767. The summed E-state index contributed by atoms with van der Waals surface area (Å²) in [4.78, 5) is 12.1. The topological polar surface area (TPSA) is 41.1 Å². The van der Waals surface area contributed by atoms with Crippen LogP contribution in [0.2, 0.25) is 0 Å². The van der Waals surface area contributed by atoms with Gasteiger partial charge in [-0.3, -0.25) is 4.79 Å². The Morgan fingerprint density at radius 1 is 1.25 bits per heavy atom. The van der Waals surface area contributed by atoms with Crippen LogP contribution in [0.5, 0.6) is 0 Å². The Kier molecular flexibility index (Phi) is 2.21. The number of hydrogen-bond acceptors (Lipinski definition) is 2. The molecule has 0 bridgehead atoms. The van der Waals surface area contributed by atoms with E-state index in [9.17, 15) is 4.79 Å². The minimum Gasteiger partial charge on any atom is -0.369 e. The average Bonchev–Trinajstić information content (AvgIpc) is 2.71. The Labute approximate surface area is 103 Å². The molecule has 0 aromatic heterocycles. The van der Waals surface area contributed by atoms with Crippen molar-refractivity contribution in [1.82, 2.24) is 0 Å². The summed E-state index contributed by atoms with van der Waals surface area (Å²) in [5.41, 5.74) is 1.54. The smallest absolute Gasteiger partial charge is 0.250 e. The predicted octanol–water partition coefficient (Wildman–Crippen LogP) is 3.13. The molecule has 3 nitrogen and oxygen atoms in total. The predicted molar refractivity (Wildman–Crippen MR) is 67.6 cm³/mol. The van der Waals surface area contributed by atoms with E-state index in [2.05, 4.69) is 26.6 Å². The highest BCUT2D eigenvalue weighted by Crippen LogP contribution is 2.42. The first kappa shape index (κ1) is 10.1. The summed E-state index contributed by atoms with van der Waals surface area (Å²) in [6, 6.07) is 5.93. The molecule has 3 rings (SSSR count). The second kappa shape index (κ2) is 3.48. The minimum absolute atomic E-state index is 0.115. The lowest BCUT2D eigenvalue weighted by molar-refractivity contribution is -0.120. The first-order valence-electron chi connectivity index (χ1n) is 5.59. The molecule has 1 aliphatic heterocycles. The van der Waals surface area contributed by atoms with Gasteiger partial charge in [0.1, 0.15) is 5.54 Å². The lowest BCUT2D eigenvalue weighted by Gasteiger charge is -2.36. The van der Waals surface area contributed by atoms with Crippen LogP contribution in [0, 0.1) is 0 Å². The number of benzene rings is 1. The molecule has 0 atom stereocenters. The van der Waals surface area contributed by atoms with Crippen LogP contribution in [-0.2, 0) is 4.79 Å². The molecule has 4 heteroatoms. The number of nitrogens with one attached hydrogen (secondary N) is 2. The first-order chi connectivity index (χ1) is 7.71. The number of para-hydroxylation sites is 1. The zero-order chi connectivity index (χ0) is 11.2. The molecule has 0 saturated heterocycles. The highest BCUT2D eigenvalue weighted by molar-refractivity contribution is 9.10. The Balaban J connectivity index is 2.05. The van der Waals surface area contributed by atoms with Crippen LogP contribution in [-0.4, -0.2) is 11.4 Å². The third kappa shape index (κ3) is 1.36. The van der Waals surface area contributed by atoms with E-state index in [-0.39, 0.29) is 11.4 Å². The van der Waals surface area contributed by atoms with Gasteiger partial charge in [-0.1, -0.05) is 18.9 Å². The van der Waals surface area contributed by atoms with Gasteiger partial charge < -0.3 is 10.6 Å². The van der Waals surface area contributed by atoms with E-state index in [0.29, 0.717) is 0 Å². The van der Waals surface area contributed by atoms with Crippen molar-refractivity contribution in [3.05, 3.63) is 22.7 Å². The van der Waals surface area contributed by atoms with E-state index < -0.39 is 0 Å². The molecule has 1 fully saturated rings. The molecule has 1 spiro atoms. The molecule has 1 saturated carbocycles. The molecule has 1 aromatic rings. The molecular weight excluding hydrogens is 268 g/mol. The summed E-state index contributed by atoms with van der Waals surface area (Å²) >= 11 is 3.45. The highest BCUT2D eigenvalue weighted by Gasteiger charge is 2.44. The summed E-state index contributed by atoms with van der Waals surface area (Å²) < 4.78 is 0.929. The van der Waals surface area contributed by atoms with Gasteiger partial charge in [0.2, 0.25) is 5.91 Å². The zero-order valence-electron chi connectivity index (χ0n) is 8.85. The van der Waals surface area contributed by atoms with Gasteiger partial charge in [0.25, 0.3) is 0 Å². The maximum Gasteiger partial charge on any atom is 0.250 e. The van der Waals surface area contributed by atoms with Gasteiger partial charge in [0.05, 0.1) is 11.4 Å². The minimum atomic E-state index is -0.353. The standard InChI is InChI=1S/C12H13BrN2O/c13-8-4-3-5-9-10(8)14-11(16)12(15-9)6-1-2-7-12/h3-5,15H,1-2,6-7H2,(H,14,16). The zero-order valence-corrected chi connectivity index (χ0v) is 10.4. The molecule has 1 amide bonds. The largest absolute Gasteiger partial charge is 0.369 e. The lowest BCUT2D eigenvalue weighted by Crippen LogP contribution is -2.50. The van der Waals surface area contributed by atoms with E-state index in [4.69, 9.17) is 0 Å². The van der Waals surface area contributed by atoms with E-state index in [1.54, 1.807) is 0 Å². The maximum absolute atomic E-state index is 12.1. The van der Waals surface area contributed by atoms with Crippen molar-refractivity contribution in [2.24, 2.45) is 0 Å². The molecule has 1 heterocycles. The van der Waals surface area contributed by atoms with Crippen LogP contribution in [0.25, 0.3) is 0 Å². The van der Waals surface area contributed by atoms with E-state index in [0.717, 1.165) is 41.5 Å². The van der Waals surface area contributed by atoms with Crippen molar-refractivity contribution in [2.75, 3.05) is 10.6 Å². The molecule has 0 unspecified atom stereocenters. The van der Waals surface area contributed by atoms with Crippen molar-refractivity contribution in [3.8, 4) is 0 Å². The SMILES string of the molecule is O=C1Nc2c(Br)cccc2NC12CCCC2. The monoisotopic (exact) mass is 280 g/mol. The Bertz CT molecular complexity index is 452. The molecular formula is C12H13BrN2O. The van der Waals surface area contributed by atoms with Crippen LogP contribution in [0.15, 0.2) is 22.7 Å². The fraction of sp³-hybridized carbons (Fsp3) is 0.417. The summed E-state index contributed by atoms with van der Waals surface area (Å²) in [5, 5.41) is 6.43. The summed E-state index contributed by atoms with van der Waals surface area (Å²) in [6.07, 6.45) is 4.13. The summed E-state index contributed by atoms with van der Waals surface area (Å²) in [6.45, 7) is 0.